The van der Waals surface area contributed by atoms with Gasteiger partial charge in [0.2, 0.25) is 0 Å². The lowest BCUT2D eigenvalue weighted by atomic mass is 10.2. The zero-order valence-electron chi connectivity index (χ0n) is 9.35. The van der Waals surface area contributed by atoms with Gasteiger partial charge in [-0.3, -0.25) is 0 Å². The van der Waals surface area contributed by atoms with Gasteiger partial charge in [-0.2, -0.15) is 0 Å². The Balaban J connectivity index is 2.25. The maximum atomic E-state index is 6.02. The van der Waals surface area contributed by atoms with Crippen molar-refractivity contribution in [3.05, 3.63) is 53.6 Å². The largest absolute Gasteiger partial charge is 0.454 e. The maximum absolute atomic E-state index is 6.02. The second kappa shape index (κ2) is 3.47. The average molecular weight is 254 g/mol. The summed E-state index contributed by atoms with van der Waals surface area (Å²) in [5.41, 5.74) is 3.45. The fraction of sp³-hybridized carbons (Fsp3) is 0. The quantitative estimate of drug-likeness (QED) is 0.450. The van der Waals surface area contributed by atoms with E-state index in [1.807, 2.05) is 48.5 Å². The Bertz CT molecular complexity index is 895. The molecule has 0 unspecified atom stereocenters. The summed E-state index contributed by atoms with van der Waals surface area (Å²) in [6.07, 6.45) is 0. The number of pyridine rings is 1. The number of furan rings is 1. The first-order valence-corrected chi connectivity index (χ1v) is 6.07. The molecule has 4 aromatic rings. The first-order valence-electron chi connectivity index (χ1n) is 5.69. The van der Waals surface area contributed by atoms with Crippen LogP contribution in [0.2, 0.25) is 5.02 Å². The van der Waals surface area contributed by atoms with Crippen LogP contribution in [-0.4, -0.2) is 4.98 Å². The summed E-state index contributed by atoms with van der Waals surface area (Å²) in [4.78, 5) is 4.65. The predicted molar refractivity (Wildman–Crippen MR) is 74.0 cm³/mol. The fourth-order valence-electron chi connectivity index (χ4n) is 2.26. The zero-order valence-corrected chi connectivity index (χ0v) is 10.1. The zero-order chi connectivity index (χ0) is 12.1. The van der Waals surface area contributed by atoms with E-state index < -0.39 is 0 Å². The molecule has 0 radical (unpaired) electrons. The Morgan fingerprint density at radius 3 is 2.78 bits per heavy atom. The van der Waals surface area contributed by atoms with Crippen LogP contribution in [0, 0.1) is 0 Å². The normalized spacial score (nSPS) is 11.6. The Morgan fingerprint density at radius 2 is 1.83 bits per heavy atom. The van der Waals surface area contributed by atoms with Crippen molar-refractivity contribution in [1.29, 1.82) is 0 Å². The van der Waals surface area contributed by atoms with E-state index in [1.54, 1.807) is 0 Å². The molecule has 18 heavy (non-hydrogen) atoms. The minimum absolute atomic E-state index is 0.695. The lowest BCUT2D eigenvalue weighted by molar-refractivity contribution is 0.669. The first-order chi connectivity index (χ1) is 8.81. The van der Waals surface area contributed by atoms with Crippen LogP contribution in [0.15, 0.2) is 52.9 Å². The van der Waals surface area contributed by atoms with Crippen LogP contribution in [0.1, 0.15) is 0 Å². The van der Waals surface area contributed by atoms with E-state index in [-0.39, 0.29) is 0 Å². The number of rotatable bonds is 0. The second-order valence-corrected chi connectivity index (χ2v) is 4.71. The molecular weight excluding hydrogens is 246 g/mol. The Hall–Kier alpha value is -2.06. The highest BCUT2D eigenvalue weighted by Crippen LogP contribution is 2.31. The third-order valence-electron chi connectivity index (χ3n) is 3.11. The van der Waals surface area contributed by atoms with Crippen molar-refractivity contribution >= 4 is 44.6 Å². The second-order valence-electron chi connectivity index (χ2n) is 4.27. The van der Waals surface area contributed by atoms with Crippen LogP contribution in [0.5, 0.6) is 0 Å². The lowest BCUT2D eigenvalue weighted by Gasteiger charge is -1.95. The molecule has 0 fully saturated rings. The first kappa shape index (κ1) is 9.92. The number of para-hydroxylation sites is 1. The molecule has 2 aromatic carbocycles. The van der Waals surface area contributed by atoms with E-state index >= 15 is 0 Å². The van der Waals surface area contributed by atoms with E-state index in [9.17, 15) is 0 Å². The molecular formula is C15H8ClNO. The SMILES string of the molecule is Clc1ccc2oc3cc4ccccc4nc3c2c1. The molecule has 0 bridgehead atoms. The van der Waals surface area contributed by atoms with E-state index in [0.717, 1.165) is 33.0 Å². The topological polar surface area (TPSA) is 26.0 Å². The van der Waals surface area contributed by atoms with Gasteiger partial charge in [0, 0.05) is 15.8 Å². The molecule has 0 amide bonds. The molecule has 2 aromatic heterocycles. The van der Waals surface area contributed by atoms with Crippen LogP contribution >= 0.6 is 11.6 Å². The highest BCUT2D eigenvalue weighted by Gasteiger charge is 2.09. The molecule has 0 spiro atoms. The fourth-order valence-corrected chi connectivity index (χ4v) is 2.43. The smallest absolute Gasteiger partial charge is 0.154 e. The Kier molecular flexibility index (Phi) is 1.91. The van der Waals surface area contributed by atoms with Gasteiger partial charge in [-0.15, -0.1) is 0 Å². The molecule has 4 rings (SSSR count). The number of nitrogens with zero attached hydrogens (tertiary/aromatic N) is 1. The molecule has 2 heterocycles. The predicted octanol–water partition coefficient (Wildman–Crippen LogP) is 4.79. The monoisotopic (exact) mass is 253 g/mol. The summed E-state index contributed by atoms with van der Waals surface area (Å²) in [7, 11) is 0. The highest BCUT2D eigenvalue weighted by molar-refractivity contribution is 6.31. The van der Waals surface area contributed by atoms with Crippen molar-refractivity contribution in [1.82, 2.24) is 4.98 Å². The molecule has 3 heteroatoms. The van der Waals surface area contributed by atoms with Gasteiger partial charge in [-0.05, 0) is 30.3 Å². The standard InChI is InChI=1S/C15H8ClNO/c16-10-5-6-13-11(8-10)15-14(18-13)7-9-3-1-2-4-12(9)17-15/h1-8H. The van der Waals surface area contributed by atoms with Gasteiger partial charge in [-0.1, -0.05) is 29.8 Å². The molecule has 0 saturated carbocycles. The van der Waals surface area contributed by atoms with Crippen molar-refractivity contribution in [2.24, 2.45) is 0 Å². The molecule has 2 nitrogen and oxygen atoms in total. The summed E-state index contributed by atoms with van der Waals surface area (Å²) in [6.45, 7) is 0. The molecule has 0 atom stereocenters. The number of benzene rings is 2. The Labute approximate surface area is 108 Å². The van der Waals surface area contributed by atoms with E-state index in [4.69, 9.17) is 16.0 Å². The third-order valence-corrected chi connectivity index (χ3v) is 3.34. The number of halogens is 1. The highest BCUT2D eigenvalue weighted by atomic mass is 35.5. The number of fused-ring (bicyclic) bond motifs is 4. The van der Waals surface area contributed by atoms with Crippen LogP contribution in [0.4, 0.5) is 0 Å². The molecule has 0 aliphatic heterocycles. The van der Waals surface area contributed by atoms with Crippen molar-refractivity contribution in [3.63, 3.8) is 0 Å². The van der Waals surface area contributed by atoms with Gasteiger partial charge in [0.15, 0.2) is 5.58 Å². The van der Waals surface area contributed by atoms with E-state index in [2.05, 4.69) is 4.98 Å². The van der Waals surface area contributed by atoms with Crippen molar-refractivity contribution in [2.45, 2.75) is 0 Å². The van der Waals surface area contributed by atoms with Crippen molar-refractivity contribution < 1.29 is 4.42 Å². The number of hydrogen-bond acceptors (Lipinski definition) is 2. The van der Waals surface area contributed by atoms with Crippen molar-refractivity contribution in [3.8, 4) is 0 Å². The average Bonchev–Trinajstić information content (AvgIpc) is 2.73. The molecule has 0 N–H and O–H groups in total. The third kappa shape index (κ3) is 1.33. The molecule has 0 aliphatic rings. The van der Waals surface area contributed by atoms with E-state index in [0.29, 0.717) is 5.02 Å². The van der Waals surface area contributed by atoms with Gasteiger partial charge >= 0.3 is 0 Å². The summed E-state index contributed by atoms with van der Waals surface area (Å²) in [5.74, 6) is 0. The van der Waals surface area contributed by atoms with E-state index in [1.165, 1.54) is 0 Å². The summed E-state index contributed by atoms with van der Waals surface area (Å²) >= 11 is 6.02. The maximum Gasteiger partial charge on any atom is 0.154 e. The molecule has 0 saturated heterocycles. The summed E-state index contributed by atoms with van der Waals surface area (Å²) in [6, 6.07) is 15.6. The van der Waals surface area contributed by atoms with Gasteiger partial charge in [-0.25, -0.2) is 4.98 Å². The van der Waals surface area contributed by atoms with Crippen LogP contribution in [-0.2, 0) is 0 Å². The number of aromatic nitrogens is 1. The van der Waals surface area contributed by atoms with Crippen LogP contribution < -0.4 is 0 Å². The van der Waals surface area contributed by atoms with Gasteiger partial charge in [0.1, 0.15) is 11.1 Å². The van der Waals surface area contributed by atoms with Gasteiger partial charge < -0.3 is 4.42 Å². The van der Waals surface area contributed by atoms with Crippen molar-refractivity contribution in [2.75, 3.05) is 0 Å². The Morgan fingerprint density at radius 1 is 0.944 bits per heavy atom. The van der Waals surface area contributed by atoms with Gasteiger partial charge in [0.05, 0.1) is 5.52 Å². The summed E-state index contributed by atoms with van der Waals surface area (Å²) in [5, 5.41) is 2.73. The van der Waals surface area contributed by atoms with Crippen LogP contribution in [0.3, 0.4) is 0 Å². The molecule has 86 valence electrons. The van der Waals surface area contributed by atoms with Gasteiger partial charge in [0.25, 0.3) is 0 Å². The summed E-state index contributed by atoms with van der Waals surface area (Å²) < 4.78 is 5.79. The minimum Gasteiger partial charge on any atom is -0.454 e. The minimum atomic E-state index is 0.695. The lowest BCUT2D eigenvalue weighted by Crippen LogP contribution is -1.78. The number of hydrogen-bond donors (Lipinski definition) is 0. The molecule has 0 aliphatic carbocycles. The van der Waals surface area contributed by atoms with Crippen LogP contribution in [0.25, 0.3) is 33.0 Å².